The number of ether oxygens (including phenoxy) is 1. The maximum absolute atomic E-state index is 13.7. The summed E-state index contributed by atoms with van der Waals surface area (Å²) in [6.45, 7) is 1.97. The van der Waals surface area contributed by atoms with E-state index in [-0.39, 0.29) is 30.9 Å². The smallest absolute Gasteiger partial charge is 0.258 e. The molecule has 0 spiro atoms. The van der Waals surface area contributed by atoms with E-state index in [1.807, 2.05) is 7.05 Å². The molecule has 0 radical (unpaired) electrons. The van der Waals surface area contributed by atoms with Crippen LogP contribution in [0, 0.1) is 5.82 Å². The van der Waals surface area contributed by atoms with Crippen molar-refractivity contribution >= 4 is 23.1 Å². The maximum Gasteiger partial charge on any atom is 0.258 e. The van der Waals surface area contributed by atoms with Gasteiger partial charge in [-0.15, -0.1) is 0 Å². The highest BCUT2D eigenvalue weighted by Crippen LogP contribution is 2.28. The van der Waals surface area contributed by atoms with Gasteiger partial charge in [0.2, 0.25) is 0 Å². The van der Waals surface area contributed by atoms with Gasteiger partial charge in [-0.3, -0.25) is 9.69 Å². The molecule has 1 fully saturated rings. The van der Waals surface area contributed by atoms with Crippen LogP contribution in [0.5, 0.6) is 5.75 Å². The Hall–Kier alpha value is -2.71. The van der Waals surface area contributed by atoms with Crippen LogP contribution in [0.15, 0.2) is 36.3 Å². The number of likely N-dealkylation sites (tertiary alicyclic amines) is 1. The number of aromatic nitrogens is 2. The third-order valence-corrected chi connectivity index (χ3v) is 4.97. The lowest BCUT2D eigenvalue weighted by Gasteiger charge is -2.36. The number of carbonyl (C=O) groups is 1. The Morgan fingerprint density at radius 3 is 2.68 bits per heavy atom. The summed E-state index contributed by atoms with van der Waals surface area (Å²) >= 11 is 5.83. The van der Waals surface area contributed by atoms with Crippen LogP contribution in [0.4, 0.5) is 4.39 Å². The van der Waals surface area contributed by atoms with Gasteiger partial charge in [0.1, 0.15) is 17.7 Å². The maximum atomic E-state index is 13.7. The number of likely N-dealkylation sites (N-methyl/N-ethyl adjacent to an activating group) is 1. The van der Waals surface area contributed by atoms with E-state index in [1.54, 1.807) is 4.90 Å². The van der Waals surface area contributed by atoms with Gasteiger partial charge in [-0.05, 0) is 19.2 Å². The molecule has 0 unspecified atom stereocenters. The fraction of sp³-hybridized carbons (Fsp3) is 0.316. The molecule has 146 valence electrons. The first-order valence-corrected chi connectivity index (χ1v) is 9.18. The van der Waals surface area contributed by atoms with Crippen molar-refractivity contribution in [1.29, 1.82) is 0 Å². The number of halogens is 2. The Morgan fingerprint density at radius 2 is 2.00 bits per heavy atom. The van der Waals surface area contributed by atoms with Crippen LogP contribution in [-0.2, 0) is 0 Å². The lowest BCUT2D eigenvalue weighted by Crippen LogP contribution is -2.51. The van der Waals surface area contributed by atoms with Gasteiger partial charge in [0.15, 0.2) is 5.82 Å². The van der Waals surface area contributed by atoms with Gasteiger partial charge in [0.25, 0.3) is 5.91 Å². The molecule has 2 aliphatic heterocycles. The molecule has 0 aliphatic carbocycles. The molecule has 28 heavy (non-hydrogen) atoms. The third kappa shape index (κ3) is 3.65. The SMILES string of the molecule is CN1CC(Oc2cc(F)ccc2C(=O)N2CC(N)=C(c3ncc(Cl)cn3)C2)C1. The molecule has 4 rings (SSSR count). The lowest BCUT2D eigenvalue weighted by molar-refractivity contribution is 0.0373. The van der Waals surface area contributed by atoms with E-state index in [0.717, 1.165) is 13.1 Å². The summed E-state index contributed by atoms with van der Waals surface area (Å²) in [4.78, 5) is 25.1. The van der Waals surface area contributed by atoms with Crippen molar-refractivity contribution in [3.63, 3.8) is 0 Å². The molecule has 2 aliphatic rings. The first-order chi connectivity index (χ1) is 13.4. The normalized spacial score (nSPS) is 17.8. The van der Waals surface area contributed by atoms with Crippen molar-refractivity contribution in [3.8, 4) is 5.75 Å². The number of nitrogens with two attached hydrogens (primary N) is 1. The second-order valence-electron chi connectivity index (χ2n) is 6.99. The van der Waals surface area contributed by atoms with Crippen LogP contribution in [0.1, 0.15) is 16.2 Å². The largest absolute Gasteiger partial charge is 0.487 e. The number of nitrogens with zero attached hydrogens (tertiary/aromatic N) is 4. The van der Waals surface area contributed by atoms with Crippen molar-refractivity contribution < 1.29 is 13.9 Å². The minimum Gasteiger partial charge on any atom is -0.487 e. The lowest BCUT2D eigenvalue weighted by atomic mass is 10.1. The van der Waals surface area contributed by atoms with Gasteiger partial charge in [-0.1, -0.05) is 11.6 Å². The van der Waals surface area contributed by atoms with Crippen molar-refractivity contribution in [3.05, 3.63) is 58.5 Å². The molecule has 0 bridgehead atoms. The van der Waals surface area contributed by atoms with Crippen LogP contribution in [0.2, 0.25) is 5.02 Å². The van der Waals surface area contributed by atoms with Crippen LogP contribution in [0.3, 0.4) is 0 Å². The molecular formula is C19H19ClFN5O2. The van der Waals surface area contributed by atoms with Crippen molar-refractivity contribution in [2.45, 2.75) is 6.10 Å². The van der Waals surface area contributed by atoms with Gasteiger partial charge in [0.05, 0.1) is 23.7 Å². The van der Waals surface area contributed by atoms with Gasteiger partial charge in [-0.25, -0.2) is 14.4 Å². The highest BCUT2D eigenvalue weighted by molar-refractivity contribution is 6.30. The van der Waals surface area contributed by atoms with E-state index in [1.165, 1.54) is 30.6 Å². The molecule has 1 aromatic heterocycles. The predicted molar refractivity (Wildman–Crippen MR) is 102 cm³/mol. The Balaban J connectivity index is 1.53. The van der Waals surface area contributed by atoms with E-state index >= 15 is 0 Å². The average molecular weight is 404 g/mol. The van der Waals surface area contributed by atoms with Crippen molar-refractivity contribution in [2.24, 2.45) is 5.73 Å². The first kappa shape index (κ1) is 18.6. The highest BCUT2D eigenvalue weighted by Gasteiger charge is 2.31. The number of rotatable bonds is 4. The monoisotopic (exact) mass is 403 g/mol. The second kappa shape index (κ2) is 7.37. The standard InChI is InChI=1S/C19H19ClFN5O2/c1-25-7-13(8-25)28-17-4-12(21)2-3-14(17)19(27)26-9-15(16(22)10-26)18-23-5-11(20)6-24-18/h2-6,13H,7-10,22H2,1H3. The molecule has 1 saturated heterocycles. The molecule has 0 atom stereocenters. The summed E-state index contributed by atoms with van der Waals surface area (Å²) in [6, 6.07) is 3.95. The molecule has 9 heteroatoms. The van der Waals surface area contributed by atoms with Gasteiger partial charge in [-0.2, -0.15) is 0 Å². The second-order valence-corrected chi connectivity index (χ2v) is 7.43. The highest BCUT2D eigenvalue weighted by atomic mass is 35.5. The quantitative estimate of drug-likeness (QED) is 0.837. The van der Waals surface area contributed by atoms with Gasteiger partial charge >= 0.3 is 0 Å². The summed E-state index contributed by atoms with van der Waals surface area (Å²) in [7, 11) is 1.97. The zero-order valence-corrected chi connectivity index (χ0v) is 16.0. The van der Waals surface area contributed by atoms with E-state index < -0.39 is 5.82 Å². The molecular weight excluding hydrogens is 385 g/mol. The molecule has 1 aromatic carbocycles. The van der Waals surface area contributed by atoms with E-state index in [9.17, 15) is 9.18 Å². The third-order valence-electron chi connectivity index (χ3n) is 4.77. The zero-order chi connectivity index (χ0) is 19.8. The Kier molecular flexibility index (Phi) is 4.91. The molecule has 0 saturated carbocycles. The Bertz CT molecular complexity index is 944. The van der Waals surface area contributed by atoms with E-state index in [0.29, 0.717) is 27.7 Å². The Morgan fingerprint density at radius 1 is 1.29 bits per heavy atom. The minimum absolute atomic E-state index is 0.0573. The fourth-order valence-corrected chi connectivity index (χ4v) is 3.41. The number of carbonyl (C=O) groups excluding carboxylic acids is 1. The van der Waals surface area contributed by atoms with Crippen LogP contribution in [0.25, 0.3) is 5.57 Å². The Labute approximate surface area is 166 Å². The van der Waals surface area contributed by atoms with Crippen molar-refractivity contribution in [1.82, 2.24) is 19.8 Å². The van der Waals surface area contributed by atoms with E-state index in [4.69, 9.17) is 22.1 Å². The molecule has 7 nitrogen and oxygen atoms in total. The van der Waals surface area contributed by atoms with Crippen LogP contribution < -0.4 is 10.5 Å². The number of amides is 1. The minimum atomic E-state index is -0.450. The summed E-state index contributed by atoms with van der Waals surface area (Å²) in [5, 5.41) is 0.420. The summed E-state index contributed by atoms with van der Waals surface area (Å²) < 4.78 is 19.6. The van der Waals surface area contributed by atoms with Crippen LogP contribution >= 0.6 is 11.6 Å². The van der Waals surface area contributed by atoms with Crippen molar-refractivity contribution in [2.75, 3.05) is 33.2 Å². The van der Waals surface area contributed by atoms with Crippen LogP contribution in [-0.4, -0.2) is 65.0 Å². The molecule has 2 N–H and O–H groups in total. The van der Waals surface area contributed by atoms with Gasteiger partial charge < -0.3 is 15.4 Å². The van der Waals surface area contributed by atoms with Gasteiger partial charge in [0, 0.05) is 42.8 Å². The zero-order valence-electron chi connectivity index (χ0n) is 15.2. The predicted octanol–water partition coefficient (Wildman–Crippen LogP) is 1.79. The number of hydrogen-bond acceptors (Lipinski definition) is 6. The summed E-state index contributed by atoms with van der Waals surface area (Å²) in [5.74, 6) is -0.0497. The number of benzene rings is 1. The summed E-state index contributed by atoms with van der Waals surface area (Å²) in [5.41, 5.74) is 7.62. The fourth-order valence-electron chi connectivity index (χ4n) is 3.31. The average Bonchev–Trinajstić information content (AvgIpc) is 3.02. The molecule has 3 heterocycles. The number of hydrogen-bond donors (Lipinski definition) is 1. The van der Waals surface area contributed by atoms with E-state index in [2.05, 4.69) is 14.9 Å². The first-order valence-electron chi connectivity index (χ1n) is 8.80. The molecule has 1 amide bonds. The topological polar surface area (TPSA) is 84.6 Å². The summed E-state index contributed by atoms with van der Waals surface area (Å²) in [6.07, 6.45) is 2.91. The molecule has 2 aromatic rings.